The van der Waals surface area contributed by atoms with Crippen LogP contribution in [0, 0.1) is 0 Å². The molecule has 5 heteroatoms. The molecule has 0 radical (unpaired) electrons. The lowest BCUT2D eigenvalue weighted by Crippen LogP contribution is -2.22. The minimum absolute atomic E-state index is 0.180. The van der Waals surface area contributed by atoms with Gasteiger partial charge in [-0.15, -0.1) is 0 Å². The molecule has 2 nitrogen and oxygen atoms in total. The topological polar surface area (TPSA) is 23.5 Å². The van der Waals surface area contributed by atoms with Crippen molar-refractivity contribution in [3.63, 3.8) is 0 Å². The van der Waals surface area contributed by atoms with Gasteiger partial charge in [0.1, 0.15) is 0 Å². The van der Waals surface area contributed by atoms with E-state index >= 15 is 0 Å². The van der Waals surface area contributed by atoms with Gasteiger partial charge in [0.15, 0.2) is 5.75 Å². The largest absolute Gasteiger partial charge is 0.504 e. The number of hydrogen-bond donors (Lipinski definition) is 1. The molecule has 2 aromatic carbocycles. The Hall–Kier alpha value is -0.590. The molecule has 1 aliphatic heterocycles. The first-order chi connectivity index (χ1) is 9.72. The quantitative estimate of drug-likeness (QED) is 0.529. The van der Waals surface area contributed by atoms with E-state index in [0.717, 1.165) is 33.7 Å². The third-order valence-corrected chi connectivity index (χ3v) is 5.41. The zero-order valence-electron chi connectivity index (χ0n) is 10.6. The highest BCUT2D eigenvalue weighted by Crippen LogP contribution is 2.53. The van der Waals surface area contributed by atoms with E-state index in [4.69, 9.17) is 11.6 Å². The second-order valence-corrected chi connectivity index (χ2v) is 7.08. The lowest BCUT2D eigenvalue weighted by Gasteiger charge is -2.33. The molecule has 0 unspecified atom stereocenters. The first-order valence-corrected chi connectivity index (χ1v) is 9.06. The Kier molecular flexibility index (Phi) is 4.33. The van der Waals surface area contributed by atoms with Crippen LogP contribution in [0.15, 0.2) is 46.2 Å². The van der Waals surface area contributed by atoms with Gasteiger partial charge in [-0.1, -0.05) is 58.1 Å². The average Bonchev–Trinajstić information content (AvgIpc) is 2.47. The van der Waals surface area contributed by atoms with Crippen molar-refractivity contribution >= 4 is 57.3 Å². The number of fused-ring (bicyclic) bond motifs is 2. The smallest absolute Gasteiger partial charge is 0.159 e. The number of phenols is 1. The van der Waals surface area contributed by atoms with Crippen molar-refractivity contribution in [2.24, 2.45) is 0 Å². The minimum atomic E-state index is 0.180. The number of halogens is 2. The first-order valence-electron chi connectivity index (χ1n) is 6.34. The summed E-state index contributed by atoms with van der Waals surface area (Å²) >= 11 is 10.1. The van der Waals surface area contributed by atoms with E-state index in [1.807, 2.05) is 18.2 Å². The van der Waals surface area contributed by atoms with E-state index in [1.165, 1.54) is 4.90 Å². The van der Waals surface area contributed by atoms with E-state index in [2.05, 4.69) is 39.6 Å². The molecule has 0 bridgehead atoms. The molecule has 0 saturated heterocycles. The van der Waals surface area contributed by atoms with Crippen LogP contribution in [0.3, 0.4) is 0 Å². The van der Waals surface area contributed by atoms with Gasteiger partial charge in [0.25, 0.3) is 0 Å². The highest BCUT2D eigenvalue weighted by atomic mass is 127. The summed E-state index contributed by atoms with van der Waals surface area (Å²) in [5, 5.41) is 10.8. The number of benzene rings is 2. The van der Waals surface area contributed by atoms with Crippen LogP contribution in [-0.2, 0) is 0 Å². The molecule has 3 rings (SSSR count). The number of anilines is 2. The van der Waals surface area contributed by atoms with Crippen molar-refractivity contribution in [2.45, 2.75) is 16.2 Å². The van der Waals surface area contributed by atoms with Crippen LogP contribution >= 0.6 is 46.0 Å². The fourth-order valence-corrected chi connectivity index (χ4v) is 3.93. The van der Waals surface area contributed by atoms with Crippen LogP contribution in [0.5, 0.6) is 5.75 Å². The van der Waals surface area contributed by atoms with Crippen molar-refractivity contribution in [3.05, 3.63) is 41.4 Å². The van der Waals surface area contributed by atoms with Gasteiger partial charge in [0.2, 0.25) is 0 Å². The molecule has 0 amide bonds. The van der Waals surface area contributed by atoms with E-state index < -0.39 is 0 Å². The van der Waals surface area contributed by atoms with Gasteiger partial charge >= 0.3 is 0 Å². The van der Waals surface area contributed by atoms with Crippen LogP contribution < -0.4 is 4.90 Å². The van der Waals surface area contributed by atoms with E-state index in [0.29, 0.717) is 5.02 Å². The number of rotatable bonds is 3. The van der Waals surface area contributed by atoms with Crippen molar-refractivity contribution in [1.29, 1.82) is 0 Å². The maximum absolute atomic E-state index is 10.3. The Morgan fingerprint density at radius 2 is 1.95 bits per heavy atom. The predicted octanol–water partition coefficient (Wildman–Crippen LogP) is 5.47. The molecule has 0 aromatic heterocycles. The van der Waals surface area contributed by atoms with E-state index in [-0.39, 0.29) is 5.75 Å². The Labute approximate surface area is 141 Å². The summed E-state index contributed by atoms with van der Waals surface area (Å²) < 4.78 is 1.08. The number of para-hydroxylation sites is 1. The molecule has 0 atom stereocenters. The summed E-state index contributed by atoms with van der Waals surface area (Å²) in [7, 11) is 0. The molecule has 0 aliphatic carbocycles. The molecule has 0 fully saturated rings. The van der Waals surface area contributed by atoms with Crippen LogP contribution in [0.25, 0.3) is 0 Å². The summed E-state index contributed by atoms with van der Waals surface area (Å²) in [4.78, 5) is 4.45. The van der Waals surface area contributed by atoms with Gasteiger partial charge < -0.3 is 10.0 Å². The highest BCUT2D eigenvalue weighted by Gasteiger charge is 2.26. The second kappa shape index (κ2) is 6.03. The number of alkyl halides is 1. The highest BCUT2D eigenvalue weighted by molar-refractivity contribution is 14.1. The van der Waals surface area contributed by atoms with Gasteiger partial charge in [0.05, 0.1) is 16.4 Å². The fourth-order valence-electron chi connectivity index (χ4n) is 2.34. The van der Waals surface area contributed by atoms with Crippen molar-refractivity contribution < 1.29 is 5.11 Å². The number of phenolic OH excluding ortho intramolecular Hbond substituents is 1. The molecular weight excluding hydrogens is 405 g/mol. The Balaban J connectivity index is 2.14. The SMILES string of the molecule is Oc1c(Cl)ccc2c1N(CCCI)c1ccccc1S2. The normalized spacial score (nSPS) is 13.0. The Bertz CT molecular complexity index is 650. The van der Waals surface area contributed by atoms with E-state index in [1.54, 1.807) is 17.8 Å². The van der Waals surface area contributed by atoms with Crippen LogP contribution in [0.2, 0.25) is 5.02 Å². The average molecular weight is 418 g/mol. The molecule has 1 N–H and O–H groups in total. The molecule has 20 heavy (non-hydrogen) atoms. The number of hydrogen-bond acceptors (Lipinski definition) is 3. The van der Waals surface area contributed by atoms with Gasteiger partial charge in [-0.05, 0) is 30.7 Å². The summed E-state index contributed by atoms with van der Waals surface area (Å²) in [6, 6.07) is 12.0. The zero-order chi connectivity index (χ0) is 14.1. The zero-order valence-corrected chi connectivity index (χ0v) is 14.4. The second-order valence-electron chi connectivity index (χ2n) is 4.51. The van der Waals surface area contributed by atoms with Gasteiger partial charge in [-0.25, -0.2) is 0 Å². The van der Waals surface area contributed by atoms with Crippen molar-refractivity contribution in [2.75, 3.05) is 15.9 Å². The Morgan fingerprint density at radius 1 is 1.15 bits per heavy atom. The van der Waals surface area contributed by atoms with Crippen LogP contribution in [0.4, 0.5) is 11.4 Å². The molecule has 2 aromatic rings. The van der Waals surface area contributed by atoms with Gasteiger partial charge in [0, 0.05) is 20.8 Å². The standard InChI is InChI=1S/C15H13ClINOS/c16-10-6-7-13-14(15(10)19)18(9-3-8-17)11-4-1-2-5-12(11)20-13/h1-2,4-7,19H,3,8-9H2. The minimum Gasteiger partial charge on any atom is -0.504 e. The molecular formula is C15H13ClINOS. The van der Waals surface area contributed by atoms with Crippen molar-refractivity contribution in [3.8, 4) is 5.75 Å². The lowest BCUT2D eigenvalue weighted by atomic mass is 10.2. The summed E-state index contributed by atoms with van der Waals surface area (Å²) in [6.07, 6.45) is 1.06. The Morgan fingerprint density at radius 3 is 2.75 bits per heavy atom. The van der Waals surface area contributed by atoms with Gasteiger partial charge in [-0.2, -0.15) is 0 Å². The molecule has 104 valence electrons. The third kappa shape index (κ3) is 2.49. The number of nitrogens with zero attached hydrogens (tertiary/aromatic N) is 1. The summed E-state index contributed by atoms with van der Waals surface area (Å²) in [6.45, 7) is 0.876. The first kappa shape index (κ1) is 14.4. The van der Waals surface area contributed by atoms with Crippen LogP contribution in [0.1, 0.15) is 6.42 Å². The third-order valence-electron chi connectivity index (χ3n) is 3.23. The summed E-state index contributed by atoms with van der Waals surface area (Å²) in [5.41, 5.74) is 1.98. The monoisotopic (exact) mass is 417 g/mol. The predicted molar refractivity (Wildman–Crippen MR) is 94.2 cm³/mol. The maximum Gasteiger partial charge on any atom is 0.159 e. The lowest BCUT2D eigenvalue weighted by molar-refractivity contribution is 0.474. The van der Waals surface area contributed by atoms with E-state index in [9.17, 15) is 5.11 Å². The summed E-state index contributed by atoms with van der Waals surface area (Å²) in [5.74, 6) is 0.180. The van der Waals surface area contributed by atoms with Crippen LogP contribution in [-0.4, -0.2) is 16.1 Å². The number of aromatic hydroxyl groups is 1. The molecule has 0 saturated carbocycles. The molecule has 0 spiro atoms. The fraction of sp³-hybridized carbons (Fsp3) is 0.200. The maximum atomic E-state index is 10.3. The molecule has 1 aliphatic rings. The molecule has 1 heterocycles. The van der Waals surface area contributed by atoms with Gasteiger partial charge in [-0.3, -0.25) is 0 Å². The van der Waals surface area contributed by atoms with Crippen molar-refractivity contribution in [1.82, 2.24) is 0 Å².